The Labute approximate surface area is 212 Å². The fourth-order valence-electron chi connectivity index (χ4n) is 7.58. The Kier molecular flexibility index (Phi) is 6.45. The summed E-state index contributed by atoms with van der Waals surface area (Å²) in [5, 5.41) is 11.4. The van der Waals surface area contributed by atoms with E-state index in [0.717, 1.165) is 0 Å². The highest BCUT2D eigenvalue weighted by molar-refractivity contribution is 6.53. The van der Waals surface area contributed by atoms with Gasteiger partial charge in [-0.15, -0.1) is 0 Å². The van der Waals surface area contributed by atoms with Gasteiger partial charge in [0.15, 0.2) is 17.5 Å². The Morgan fingerprint density at radius 3 is 2.59 bits per heavy atom. The summed E-state index contributed by atoms with van der Waals surface area (Å²) in [5.41, 5.74) is -5.65. The van der Waals surface area contributed by atoms with Crippen molar-refractivity contribution in [1.29, 1.82) is 0 Å². The van der Waals surface area contributed by atoms with E-state index in [4.69, 9.17) is 44.3 Å². The van der Waals surface area contributed by atoms with Crippen LogP contribution in [0.5, 0.6) is 0 Å². The molecular weight excluding hydrogens is 510 g/mol. The summed E-state index contributed by atoms with van der Waals surface area (Å²) >= 11 is 17.2. The maximum atomic E-state index is 17.2. The van der Waals surface area contributed by atoms with Gasteiger partial charge in [-0.3, -0.25) is 4.79 Å². The Morgan fingerprint density at radius 2 is 1.97 bits per heavy atom. The maximum Gasteiger partial charge on any atom is 0.352 e. The number of ketones is 1. The third-order valence-corrected chi connectivity index (χ3v) is 9.58. The number of hydrogen-bond acceptors (Lipinski definition) is 6. The minimum absolute atomic E-state index is 0.181. The van der Waals surface area contributed by atoms with E-state index >= 15 is 4.39 Å². The second-order valence-corrected chi connectivity index (χ2v) is 11.7. The first-order valence-corrected chi connectivity index (χ1v) is 12.8. The number of hydrogen-bond donors (Lipinski definition) is 1. The fraction of sp³-hybridized carbons (Fsp3) is 0.708. The van der Waals surface area contributed by atoms with Gasteiger partial charge in [0.05, 0.1) is 6.10 Å². The highest BCUT2D eigenvalue weighted by atomic mass is 35.5. The number of esters is 2. The molecular formula is C24H28Cl3FO6. The van der Waals surface area contributed by atoms with Gasteiger partial charge in [-0.1, -0.05) is 60.3 Å². The number of ether oxygens (including phenoxy) is 2. The molecule has 0 unspecified atom stereocenters. The number of aliphatic hydroxyl groups excluding tert-OH is 1. The standard InChI is InChI=1S/C24H28Cl3FO6/c1-12-8-16-15-5-4-13-9-14(29)6-7-21(13,2)23(15,28)17(30)10-22(16,3)24(12,20(32)33-11-25)34-19(31)18(26)27/h6-7,9,12,15-18,30H,4-5,8,10-11H2,1-3H3/t12-,15+,16+,17+,21+,22+,23+,24+/m1/s1. The van der Waals surface area contributed by atoms with Crippen LogP contribution < -0.4 is 0 Å². The van der Waals surface area contributed by atoms with Crippen LogP contribution in [0.25, 0.3) is 0 Å². The number of allylic oxidation sites excluding steroid dienone is 4. The Bertz CT molecular complexity index is 984. The first-order valence-electron chi connectivity index (χ1n) is 11.3. The number of carbonyl (C=O) groups is 3. The lowest BCUT2D eigenvalue weighted by atomic mass is 9.44. The van der Waals surface area contributed by atoms with Crippen molar-refractivity contribution in [2.75, 3.05) is 6.07 Å². The van der Waals surface area contributed by atoms with Crippen molar-refractivity contribution in [3.8, 4) is 0 Å². The Morgan fingerprint density at radius 1 is 1.29 bits per heavy atom. The lowest BCUT2D eigenvalue weighted by Gasteiger charge is -2.62. The average Bonchev–Trinajstić information content (AvgIpc) is 2.97. The molecule has 0 aromatic carbocycles. The van der Waals surface area contributed by atoms with Crippen LogP contribution in [0.4, 0.5) is 4.39 Å². The molecule has 3 fully saturated rings. The summed E-state index contributed by atoms with van der Waals surface area (Å²) < 4.78 is 28.1. The molecule has 4 aliphatic carbocycles. The third kappa shape index (κ3) is 3.19. The van der Waals surface area contributed by atoms with Gasteiger partial charge in [-0.05, 0) is 50.7 Å². The molecule has 6 nitrogen and oxygen atoms in total. The van der Waals surface area contributed by atoms with E-state index in [1.54, 1.807) is 26.8 Å². The molecule has 4 aliphatic rings. The van der Waals surface area contributed by atoms with Gasteiger partial charge < -0.3 is 14.6 Å². The summed E-state index contributed by atoms with van der Waals surface area (Å²) in [6.45, 7) is 5.15. The number of aliphatic hydroxyl groups is 1. The van der Waals surface area contributed by atoms with Crippen LogP contribution in [0, 0.1) is 28.6 Å². The van der Waals surface area contributed by atoms with Crippen LogP contribution in [0.1, 0.15) is 46.5 Å². The van der Waals surface area contributed by atoms with Crippen LogP contribution in [0.15, 0.2) is 23.8 Å². The maximum absolute atomic E-state index is 17.2. The van der Waals surface area contributed by atoms with E-state index in [1.165, 1.54) is 12.2 Å². The minimum atomic E-state index is -2.09. The van der Waals surface area contributed by atoms with Gasteiger partial charge in [0.1, 0.15) is 0 Å². The van der Waals surface area contributed by atoms with Gasteiger partial charge in [0.2, 0.25) is 10.4 Å². The van der Waals surface area contributed by atoms with Crippen molar-refractivity contribution in [3.05, 3.63) is 23.8 Å². The lowest BCUT2D eigenvalue weighted by Crippen LogP contribution is -2.70. The van der Waals surface area contributed by atoms with Crippen molar-refractivity contribution >= 4 is 52.5 Å². The third-order valence-electron chi connectivity index (χ3n) is 9.11. The second kappa shape index (κ2) is 8.46. The summed E-state index contributed by atoms with van der Waals surface area (Å²) in [4.78, 5) is 36.4. The number of halogens is 4. The lowest BCUT2D eigenvalue weighted by molar-refractivity contribution is -0.235. The molecule has 0 aliphatic heterocycles. The summed E-state index contributed by atoms with van der Waals surface area (Å²) in [6, 6.07) is -0.471. The van der Waals surface area contributed by atoms with E-state index in [0.29, 0.717) is 24.8 Å². The van der Waals surface area contributed by atoms with Crippen molar-refractivity contribution in [3.63, 3.8) is 0 Å². The number of alkyl halides is 4. The SMILES string of the molecule is C[C@@H]1C[C@H]2[C@@H]3CCC4=CC(=O)C=C[C@]4(C)[C@@]3(F)[C@@H](O)C[C@]2(C)[C@@]1(OC(=O)C(Cl)Cl)C(=O)OCCl. The highest BCUT2D eigenvalue weighted by Gasteiger charge is 2.78. The van der Waals surface area contributed by atoms with Crippen LogP contribution >= 0.6 is 34.8 Å². The van der Waals surface area contributed by atoms with Crippen LogP contribution in [0.2, 0.25) is 0 Å². The second-order valence-electron chi connectivity index (χ2n) is 10.4. The van der Waals surface area contributed by atoms with Crippen molar-refractivity contribution < 1.29 is 33.4 Å². The topological polar surface area (TPSA) is 89.9 Å². The molecule has 0 aromatic heterocycles. The zero-order chi connectivity index (χ0) is 25.3. The molecule has 0 spiro atoms. The molecule has 34 heavy (non-hydrogen) atoms. The molecule has 0 bridgehead atoms. The molecule has 3 saturated carbocycles. The number of rotatable bonds is 4. The van der Waals surface area contributed by atoms with E-state index in [2.05, 4.69) is 0 Å². The molecule has 188 valence electrons. The summed E-state index contributed by atoms with van der Waals surface area (Å²) in [5.74, 6) is -3.80. The Hall–Kier alpha value is -1.15. The first-order chi connectivity index (χ1) is 15.8. The normalized spacial score (nSPS) is 45.2. The van der Waals surface area contributed by atoms with Crippen molar-refractivity contribution in [2.45, 2.75) is 68.7 Å². The van der Waals surface area contributed by atoms with E-state index in [-0.39, 0.29) is 12.2 Å². The molecule has 0 amide bonds. The zero-order valence-corrected chi connectivity index (χ0v) is 21.4. The van der Waals surface area contributed by atoms with Crippen molar-refractivity contribution in [1.82, 2.24) is 0 Å². The molecule has 10 heteroatoms. The first kappa shape index (κ1) is 25.9. The van der Waals surface area contributed by atoms with Crippen LogP contribution in [-0.2, 0) is 23.9 Å². The van der Waals surface area contributed by atoms with Gasteiger partial charge in [0, 0.05) is 22.7 Å². The largest absolute Gasteiger partial charge is 0.446 e. The molecule has 8 atom stereocenters. The van der Waals surface area contributed by atoms with Crippen molar-refractivity contribution in [2.24, 2.45) is 28.6 Å². The van der Waals surface area contributed by atoms with Gasteiger partial charge in [-0.2, -0.15) is 0 Å². The predicted octanol–water partition coefficient (Wildman–Crippen LogP) is 4.43. The Balaban J connectivity index is 1.84. The summed E-state index contributed by atoms with van der Waals surface area (Å²) in [7, 11) is 0. The van der Waals surface area contributed by atoms with Gasteiger partial charge in [0.25, 0.3) is 0 Å². The monoisotopic (exact) mass is 536 g/mol. The number of carbonyl (C=O) groups excluding carboxylic acids is 3. The van der Waals surface area contributed by atoms with Gasteiger partial charge in [-0.25, -0.2) is 14.0 Å². The minimum Gasteiger partial charge on any atom is -0.446 e. The molecule has 0 saturated heterocycles. The molecule has 0 aromatic rings. The zero-order valence-electron chi connectivity index (χ0n) is 19.2. The highest BCUT2D eigenvalue weighted by Crippen LogP contribution is 2.71. The molecule has 1 N–H and O–H groups in total. The van der Waals surface area contributed by atoms with E-state index < -0.39 is 68.8 Å². The number of fused-ring (bicyclic) bond motifs is 5. The quantitative estimate of drug-likeness (QED) is 0.422. The fourth-order valence-corrected chi connectivity index (χ4v) is 7.77. The van der Waals surface area contributed by atoms with E-state index in [9.17, 15) is 19.5 Å². The average molecular weight is 538 g/mol. The molecule has 0 radical (unpaired) electrons. The predicted molar refractivity (Wildman–Crippen MR) is 124 cm³/mol. The van der Waals surface area contributed by atoms with E-state index in [1.807, 2.05) is 0 Å². The van der Waals surface area contributed by atoms with Gasteiger partial charge >= 0.3 is 11.9 Å². The smallest absolute Gasteiger partial charge is 0.352 e. The van der Waals surface area contributed by atoms with Crippen LogP contribution in [0.3, 0.4) is 0 Å². The molecule has 0 heterocycles. The van der Waals surface area contributed by atoms with Crippen LogP contribution in [-0.4, -0.2) is 51.1 Å². The molecule has 4 rings (SSSR count). The summed E-state index contributed by atoms with van der Waals surface area (Å²) in [6.07, 6.45) is 3.85.